The Kier molecular flexibility index (Phi) is 6.33. The Bertz CT molecular complexity index is 959. The zero-order chi connectivity index (χ0) is 19.9. The fraction of sp³-hybridized carbons (Fsp3) is 0.200. The average Bonchev–Trinajstić information content (AvgIpc) is 3.15. The van der Waals surface area contributed by atoms with Gasteiger partial charge in [0.1, 0.15) is 16.8 Å². The van der Waals surface area contributed by atoms with Gasteiger partial charge in [-0.3, -0.25) is 14.9 Å². The van der Waals surface area contributed by atoms with Gasteiger partial charge in [-0.05, 0) is 32.0 Å². The predicted molar refractivity (Wildman–Crippen MR) is 108 cm³/mol. The first kappa shape index (κ1) is 19.5. The maximum absolute atomic E-state index is 12.3. The number of rotatable bonds is 7. The lowest BCUT2D eigenvalue weighted by Gasteiger charge is -2.13. The molecule has 0 bridgehead atoms. The summed E-state index contributed by atoms with van der Waals surface area (Å²) in [4.78, 5) is 24.3. The largest absolute Gasteiger partial charge is 0.484 e. The summed E-state index contributed by atoms with van der Waals surface area (Å²) in [5.41, 5.74) is 2.06. The number of benzene rings is 2. The molecule has 0 saturated heterocycles. The molecule has 1 atom stereocenters. The number of hydrogen-bond acceptors (Lipinski definition) is 6. The van der Waals surface area contributed by atoms with Crippen molar-refractivity contribution >= 4 is 28.3 Å². The molecule has 2 aromatic carbocycles. The van der Waals surface area contributed by atoms with E-state index in [2.05, 4.69) is 20.8 Å². The summed E-state index contributed by atoms with van der Waals surface area (Å²) in [5, 5.41) is 14.5. The molecule has 7 nitrogen and oxygen atoms in total. The topological polar surface area (TPSA) is 93.2 Å². The molecule has 28 heavy (non-hydrogen) atoms. The van der Waals surface area contributed by atoms with Crippen molar-refractivity contribution in [2.45, 2.75) is 19.9 Å². The second-order valence-electron chi connectivity index (χ2n) is 6.16. The fourth-order valence-corrected chi connectivity index (χ4v) is 3.14. The van der Waals surface area contributed by atoms with Gasteiger partial charge in [0.15, 0.2) is 6.61 Å². The van der Waals surface area contributed by atoms with Gasteiger partial charge in [-0.2, -0.15) is 0 Å². The van der Waals surface area contributed by atoms with Gasteiger partial charge >= 0.3 is 0 Å². The summed E-state index contributed by atoms with van der Waals surface area (Å²) in [7, 11) is 0. The Morgan fingerprint density at radius 2 is 1.89 bits per heavy atom. The van der Waals surface area contributed by atoms with Gasteiger partial charge in [0.2, 0.25) is 11.0 Å². The Balaban J connectivity index is 1.51. The van der Waals surface area contributed by atoms with Gasteiger partial charge in [0.25, 0.3) is 5.91 Å². The van der Waals surface area contributed by atoms with Crippen molar-refractivity contribution in [1.29, 1.82) is 0 Å². The van der Waals surface area contributed by atoms with Crippen LogP contribution in [0.25, 0.3) is 10.6 Å². The third-order valence-corrected chi connectivity index (χ3v) is 4.69. The van der Waals surface area contributed by atoms with Crippen LogP contribution in [0.15, 0.2) is 54.6 Å². The average molecular weight is 396 g/mol. The van der Waals surface area contributed by atoms with E-state index in [0.717, 1.165) is 11.1 Å². The second kappa shape index (κ2) is 9.09. The zero-order valence-electron chi connectivity index (χ0n) is 15.5. The molecule has 0 radical (unpaired) electrons. The van der Waals surface area contributed by atoms with E-state index in [0.29, 0.717) is 15.9 Å². The van der Waals surface area contributed by atoms with Gasteiger partial charge in [-0.25, -0.2) is 0 Å². The Labute approximate surface area is 166 Å². The van der Waals surface area contributed by atoms with Crippen LogP contribution in [0.4, 0.5) is 5.13 Å². The van der Waals surface area contributed by atoms with Crippen LogP contribution >= 0.6 is 11.3 Å². The lowest BCUT2D eigenvalue weighted by atomic mass is 10.1. The summed E-state index contributed by atoms with van der Waals surface area (Å²) in [6.45, 7) is 3.43. The number of ether oxygens (including phenoxy) is 1. The van der Waals surface area contributed by atoms with Crippen molar-refractivity contribution in [1.82, 2.24) is 15.5 Å². The molecule has 3 aromatic rings. The summed E-state index contributed by atoms with van der Waals surface area (Å²) in [6, 6.07) is 16.1. The van der Waals surface area contributed by atoms with Gasteiger partial charge in [-0.15, -0.1) is 10.2 Å². The first-order valence-corrected chi connectivity index (χ1v) is 9.51. The number of nitrogens with one attached hydrogen (secondary N) is 2. The van der Waals surface area contributed by atoms with E-state index in [-0.39, 0.29) is 18.4 Å². The molecule has 0 aliphatic heterocycles. The summed E-state index contributed by atoms with van der Waals surface area (Å²) < 4.78 is 5.36. The van der Waals surface area contributed by atoms with Gasteiger partial charge in [-0.1, -0.05) is 53.3 Å². The quantitative estimate of drug-likeness (QED) is 0.640. The summed E-state index contributed by atoms with van der Waals surface area (Å²) >= 11 is 1.28. The van der Waals surface area contributed by atoms with E-state index in [1.54, 1.807) is 19.1 Å². The van der Waals surface area contributed by atoms with Gasteiger partial charge in [0.05, 0.1) is 0 Å². The van der Waals surface area contributed by atoms with Crippen LogP contribution in [0.2, 0.25) is 0 Å². The first-order chi connectivity index (χ1) is 13.5. The molecule has 2 amide bonds. The molecule has 8 heteroatoms. The minimum absolute atomic E-state index is 0.169. The molecule has 1 heterocycles. The van der Waals surface area contributed by atoms with Crippen molar-refractivity contribution < 1.29 is 14.3 Å². The zero-order valence-corrected chi connectivity index (χ0v) is 16.3. The fourth-order valence-electron chi connectivity index (χ4n) is 2.40. The lowest BCUT2D eigenvalue weighted by Crippen LogP contribution is -2.43. The van der Waals surface area contributed by atoms with E-state index in [9.17, 15) is 9.59 Å². The maximum atomic E-state index is 12.3. The normalized spacial score (nSPS) is 11.5. The molecule has 3 rings (SSSR count). The SMILES string of the molecule is Cc1cccc(-c2nnc(NC(=O)[C@@H](C)NC(=O)COc3ccccc3)s2)c1. The van der Waals surface area contributed by atoms with E-state index in [1.807, 2.05) is 49.4 Å². The van der Waals surface area contributed by atoms with Crippen molar-refractivity contribution in [3.63, 3.8) is 0 Å². The number of amides is 2. The molecule has 0 aliphatic carbocycles. The highest BCUT2D eigenvalue weighted by molar-refractivity contribution is 7.18. The molecule has 0 unspecified atom stereocenters. The molecular formula is C20H20N4O3S. The number of anilines is 1. The maximum Gasteiger partial charge on any atom is 0.258 e. The van der Waals surface area contributed by atoms with Crippen LogP contribution in [-0.2, 0) is 9.59 Å². The molecule has 0 saturated carbocycles. The molecule has 1 aromatic heterocycles. The smallest absolute Gasteiger partial charge is 0.258 e. The molecule has 0 fully saturated rings. The van der Waals surface area contributed by atoms with E-state index >= 15 is 0 Å². The van der Waals surface area contributed by atoms with Crippen molar-refractivity contribution in [2.24, 2.45) is 0 Å². The van der Waals surface area contributed by atoms with E-state index in [4.69, 9.17) is 4.74 Å². The molecule has 0 spiro atoms. The van der Waals surface area contributed by atoms with E-state index in [1.165, 1.54) is 11.3 Å². The van der Waals surface area contributed by atoms with Gasteiger partial charge < -0.3 is 10.1 Å². The standard InChI is InChI=1S/C20H20N4O3S/c1-13-7-6-8-15(11-13)19-23-24-20(28-19)22-18(26)14(2)21-17(25)12-27-16-9-4-3-5-10-16/h3-11,14H,12H2,1-2H3,(H,21,25)(H,22,24,26)/t14-/m1/s1. The number of aryl methyl sites for hydroxylation is 1. The number of aromatic nitrogens is 2. The Morgan fingerprint density at radius 1 is 1.11 bits per heavy atom. The third kappa shape index (κ3) is 5.37. The lowest BCUT2D eigenvalue weighted by molar-refractivity contribution is -0.127. The molecule has 144 valence electrons. The number of carbonyl (C=O) groups excluding carboxylic acids is 2. The number of para-hydroxylation sites is 1. The van der Waals surface area contributed by atoms with Crippen LogP contribution in [0.5, 0.6) is 5.75 Å². The highest BCUT2D eigenvalue weighted by Crippen LogP contribution is 2.26. The molecule has 2 N–H and O–H groups in total. The number of nitrogens with zero attached hydrogens (tertiary/aromatic N) is 2. The van der Waals surface area contributed by atoms with Crippen LogP contribution in [0.1, 0.15) is 12.5 Å². The van der Waals surface area contributed by atoms with Crippen molar-refractivity contribution in [2.75, 3.05) is 11.9 Å². The van der Waals surface area contributed by atoms with E-state index < -0.39 is 6.04 Å². The molecule has 0 aliphatic rings. The minimum Gasteiger partial charge on any atom is -0.484 e. The number of hydrogen-bond donors (Lipinski definition) is 2. The van der Waals surface area contributed by atoms with Crippen LogP contribution in [0.3, 0.4) is 0 Å². The Hall–Kier alpha value is -3.26. The minimum atomic E-state index is -0.738. The molecular weight excluding hydrogens is 376 g/mol. The highest BCUT2D eigenvalue weighted by atomic mass is 32.1. The number of carbonyl (C=O) groups is 2. The van der Waals surface area contributed by atoms with Crippen LogP contribution in [0, 0.1) is 6.92 Å². The van der Waals surface area contributed by atoms with Crippen molar-refractivity contribution in [3.05, 3.63) is 60.2 Å². The Morgan fingerprint density at radius 3 is 2.64 bits per heavy atom. The summed E-state index contributed by atoms with van der Waals surface area (Å²) in [5.74, 6) is -0.170. The van der Waals surface area contributed by atoms with Crippen molar-refractivity contribution in [3.8, 4) is 16.3 Å². The first-order valence-electron chi connectivity index (χ1n) is 8.70. The third-order valence-electron chi connectivity index (χ3n) is 3.80. The van der Waals surface area contributed by atoms with Gasteiger partial charge in [0, 0.05) is 5.56 Å². The summed E-state index contributed by atoms with van der Waals surface area (Å²) in [6.07, 6.45) is 0. The predicted octanol–water partition coefficient (Wildman–Crippen LogP) is 3.04. The second-order valence-corrected chi connectivity index (χ2v) is 7.14. The van der Waals surface area contributed by atoms with Crippen LogP contribution < -0.4 is 15.4 Å². The van der Waals surface area contributed by atoms with Crippen LogP contribution in [-0.4, -0.2) is 34.7 Å². The monoisotopic (exact) mass is 396 g/mol. The highest BCUT2D eigenvalue weighted by Gasteiger charge is 2.18.